The Balaban J connectivity index is 1.07. The topological polar surface area (TPSA) is 32.9 Å². The van der Waals surface area contributed by atoms with E-state index >= 15 is 0 Å². The zero-order valence-electron chi connectivity index (χ0n) is 34.2. The van der Waals surface area contributed by atoms with Crippen LogP contribution in [-0.2, 0) is 0 Å². The molecule has 0 aliphatic carbocycles. The lowest BCUT2D eigenvalue weighted by Crippen LogP contribution is -2.35. The molecule has 0 bridgehead atoms. The maximum absolute atomic E-state index is 5.27. The van der Waals surface area contributed by atoms with Crippen molar-refractivity contribution >= 4 is 65.8 Å². The first-order valence-corrected chi connectivity index (χ1v) is 21.2. The molecule has 1 atom stereocenters. The largest absolute Gasteiger partial charge is 0.333 e. The summed E-state index contributed by atoms with van der Waals surface area (Å²) in [6, 6.07) is 78.7. The molecule has 1 aliphatic rings. The van der Waals surface area contributed by atoms with E-state index in [1.807, 2.05) is 18.2 Å². The van der Waals surface area contributed by atoms with E-state index < -0.39 is 0 Å². The molecule has 0 amide bonds. The monoisotopic (exact) mass is 792 g/mol. The lowest BCUT2D eigenvalue weighted by molar-refractivity contribution is 0.383. The number of hydrogen-bond donors (Lipinski definition) is 0. The second-order valence-electron chi connectivity index (χ2n) is 16.2. The van der Waals surface area contributed by atoms with Crippen LogP contribution in [0.5, 0.6) is 0 Å². The SMILES string of the molecule is CN1C(c2cccc(-c3cccc4c3c3cc(-c5ccccc5)ccc3n4-c3ccc4c5ccccc5c5ccccc5c4c3)c2)=NC(c2ccccc2)=NC1c1ccccc1. The van der Waals surface area contributed by atoms with Gasteiger partial charge in [-0.25, -0.2) is 9.98 Å². The fraction of sp³-hybridized carbons (Fsp3) is 0.0345. The van der Waals surface area contributed by atoms with Crippen LogP contribution in [0.25, 0.3) is 82.1 Å². The molecule has 1 unspecified atom stereocenters. The van der Waals surface area contributed by atoms with Crippen molar-refractivity contribution in [1.82, 2.24) is 9.47 Å². The molecule has 292 valence electrons. The lowest BCUT2D eigenvalue weighted by atomic mass is 9.94. The highest BCUT2D eigenvalue weighted by atomic mass is 15.3. The van der Waals surface area contributed by atoms with Gasteiger partial charge in [0.25, 0.3) is 0 Å². The fourth-order valence-corrected chi connectivity index (χ4v) is 9.70. The van der Waals surface area contributed by atoms with E-state index in [4.69, 9.17) is 9.98 Å². The summed E-state index contributed by atoms with van der Waals surface area (Å²) < 4.78 is 2.46. The van der Waals surface area contributed by atoms with Gasteiger partial charge in [0, 0.05) is 34.6 Å². The molecule has 0 radical (unpaired) electrons. The Bertz CT molecular complexity index is 3550. The van der Waals surface area contributed by atoms with Crippen molar-refractivity contribution in [3.05, 3.63) is 235 Å². The molecule has 0 fully saturated rings. The van der Waals surface area contributed by atoms with Crippen molar-refractivity contribution in [2.45, 2.75) is 6.17 Å². The average Bonchev–Trinajstić information content (AvgIpc) is 3.69. The highest BCUT2D eigenvalue weighted by molar-refractivity contribution is 6.26. The summed E-state index contributed by atoms with van der Waals surface area (Å²) in [7, 11) is 2.10. The molecule has 1 aliphatic heterocycles. The molecule has 11 aromatic rings. The average molecular weight is 793 g/mol. The van der Waals surface area contributed by atoms with Crippen LogP contribution in [0.2, 0.25) is 0 Å². The maximum Gasteiger partial charge on any atom is 0.159 e. The van der Waals surface area contributed by atoms with E-state index in [-0.39, 0.29) is 6.17 Å². The summed E-state index contributed by atoms with van der Waals surface area (Å²) in [4.78, 5) is 12.7. The third-order valence-corrected chi connectivity index (χ3v) is 12.6. The molecule has 12 rings (SSSR count). The summed E-state index contributed by atoms with van der Waals surface area (Å²) in [6.45, 7) is 0. The van der Waals surface area contributed by atoms with E-state index in [2.05, 4.69) is 217 Å². The van der Waals surface area contributed by atoms with Crippen molar-refractivity contribution in [2.24, 2.45) is 9.98 Å². The summed E-state index contributed by atoms with van der Waals surface area (Å²) in [5.74, 6) is 1.61. The van der Waals surface area contributed by atoms with Gasteiger partial charge in [-0.15, -0.1) is 0 Å². The highest BCUT2D eigenvalue weighted by Gasteiger charge is 2.27. The minimum Gasteiger partial charge on any atom is -0.333 e. The quantitative estimate of drug-likeness (QED) is 0.154. The van der Waals surface area contributed by atoms with Gasteiger partial charge in [0.05, 0.1) is 11.0 Å². The molecule has 0 saturated carbocycles. The van der Waals surface area contributed by atoms with Crippen LogP contribution >= 0.6 is 0 Å². The highest BCUT2D eigenvalue weighted by Crippen LogP contribution is 2.42. The summed E-state index contributed by atoms with van der Waals surface area (Å²) in [6.07, 6.45) is -0.225. The Morgan fingerprint density at radius 3 is 1.68 bits per heavy atom. The van der Waals surface area contributed by atoms with Crippen molar-refractivity contribution in [1.29, 1.82) is 0 Å². The number of aromatic nitrogens is 1. The number of amidine groups is 2. The van der Waals surface area contributed by atoms with Crippen molar-refractivity contribution in [2.75, 3.05) is 7.05 Å². The van der Waals surface area contributed by atoms with Crippen LogP contribution in [0.1, 0.15) is 22.9 Å². The molecule has 0 N–H and O–H groups in total. The Morgan fingerprint density at radius 1 is 0.387 bits per heavy atom. The van der Waals surface area contributed by atoms with Gasteiger partial charge in [0.1, 0.15) is 12.0 Å². The summed E-state index contributed by atoms with van der Waals surface area (Å²) >= 11 is 0. The molecule has 0 saturated heterocycles. The van der Waals surface area contributed by atoms with E-state index in [1.165, 1.54) is 65.3 Å². The second-order valence-corrected chi connectivity index (χ2v) is 16.2. The smallest absolute Gasteiger partial charge is 0.159 e. The van der Waals surface area contributed by atoms with Gasteiger partial charge in [-0.05, 0) is 96.5 Å². The molecule has 62 heavy (non-hydrogen) atoms. The Morgan fingerprint density at radius 2 is 0.968 bits per heavy atom. The first-order valence-electron chi connectivity index (χ1n) is 21.2. The first-order chi connectivity index (χ1) is 30.7. The number of fused-ring (bicyclic) bond motifs is 9. The number of benzene rings is 10. The third kappa shape index (κ3) is 5.83. The lowest BCUT2D eigenvalue weighted by Gasteiger charge is -2.32. The zero-order valence-corrected chi connectivity index (χ0v) is 34.2. The normalized spacial score (nSPS) is 14.2. The van der Waals surface area contributed by atoms with E-state index in [1.54, 1.807) is 0 Å². The Hall–Kier alpha value is -8.08. The minimum atomic E-state index is -0.225. The Labute approximate surface area is 360 Å². The van der Waals surface area contributed by atoms with Gasteiger partial charge in [-0.1, -0.05) is 182 Å². The molecule has 10 aromatic carbocycles. The predicted molar refractivity (Wildman–Crippen MR) is 261 cm³/mol. The van der Waals surface area contributed by atoms with Crippen LogP contribution in [0.4, 0.5) is 0 Å². The zero-order chi connectivity index (χ0) is 41.1. The first kappa shape index (κ1) is 35.8. The maximum atomic E-state index is 5.27. The van der Waals surface area contributed by atoms with Gasteiger partial charge in [0.2, 0.25) is 0 Å². The number of rotatable bonds is 6. The van der Waals surface area contributed by atoms with Gasteiger partial charge in [-0.2, -0.15) is 0 Å². The second kappa shape index (κ2) is 14.6. The molecule has 1 aromatic heterocycles. The number of nitrogens with zero attached hydrogens (tertiary/aromatic N) is 4. The standard InChI is InChI=1S/C58H40N4/c1-61-57(40-21-9-4-10-22-40)59-56(39-19-7-3-8-20-39)60-58(61)43-24-15-23-42(35-43)45-29-16-30-54-55(45)52-36-41(38-17-5-2-6-18-38)31-34-53(52)62(54)44-32-33-50-48-27-12-11-25-46(48)47-26-13-14-28-49(47)51(50)37-44/h2-37,57H,1H3. The van der Waals surface area contributed by atoms with Gasteiger partial charge >= 0.3 is 0 Å². The van der Waals surface area contributed by atoms with Crippen LogP contribution < -0.4 is 0 Å². The van der Waals surface area contributed by atoms with E-state index in [9.17, 15) is 0 Å². The van der Waals surface area contributed by atoms with Crippen LogP contribution in [-0.4, -0.2) is 28.2 Å². The van der Waals surface area contributed by atoms with Crippen molar-refractivity contribution < 1.29 is 0 Å². The molecular formula is C58H40N4. The molecule has 0 spiro atoms. The van der Waals surface area contributed by atoms with Gasteiger partial charge in [0.15, 0.2) is 5.84 Å². The van der Waals surface area contributed by atoms with Crippen LogP contribution in [0.3, 0.4) is 0 Å². The minimum absolute atomic E-state index is 0.225. The van der Waals surface area contributed by atoms with Crippen LogP contribution in [0.15, 0.2) is 228 Å². The third-order valence-electron chi connectivity index (χ3n) is 12.6. The van der Waals surface area contributed by atoms with Crippen molar-refractivity contribution in [3.8, 4) is 27.9 Å². The fourth-order valence-electron chi connectivity index (χ4n) is 9.70. The molecule has 4 nitrogen and oxygen atoms in total. The number of hydrogen-bond acceptors (Lipinski definition) is 3. The predicted octanol–water partition coefficient (Wildman–Crippen LogP) is 14.4. The van der Waals surface area contributed by atoms with Crippen LogP contribution in [0, 0.1) is 0 Å². The molecule has 2 heterocycles. The van der Waals surface area contributed by atoms with Gasteiger partial charge in [-0.3, -0.25) is 0 Å². The van der Waals surface area contributed by atoms with E-state index in [0.29, 0.717) is 0 Å². The van der Waals surface area contributed by atoms with E-state index in [0.717, 1.165) is 45.1 Å². The molecular weight excluding hydrogens is 753 g/mol. The Kier molecular flexibility index (Phi) is 8.42. The summed E-state index contributed by atoms with van der Waals surface area (Å²) in [5.41, 5.74) is 11.3. The summed E-state index contributed by atoms with van der Waals surface area (Å²) in [5, 5.41) is 10.0. The molecule has 4 heteroatoms. The van der Waals surface area contributed by atoms with Gasteiger partial charge < -0.3 is 9.47 Å². The van der Waals surface area contributed by atoms with Crippen molar-refractivity contribution in [3.63, 3.8) is 0 Å². The number of aliphatic imine (C=N–C) groups is 2.